The standard InChI is InChI=1S/C50H82O6/c1-4-7-10-13-16-18-20-22-23-24-25-26-27-29-30-32-34-37-40-43-49(52)55-46-47(45-54-48(51)42-39-36-15-12-9-6-3)56-50(53)44-41-38-35-33-31-28-21-19-17-14-11-8-5-2/h7-8,10-11,16-19,22-23,25-26,28,31,47H,4-6,9,12-15,20-21,24,27,29-30,32-46H2,1-3H3/b10-7-,11-8-,18-16-,19-17-,23-22-,26-25-,31-28-. The molecule has 0 aliphatic carbocycles. The third kappa shape index (κ3) is 41.7. The Bertz CT molecular complexity index is 1120. The number of carbonyl (C=O) groups excluding carboxylic acids is 3. The number of unbranched alkanes of at least 4 members (excludes halogenated alkanes) is 14. The van der Waals surface area contributed by atoms with Crippen LogP contribution in [-0.2, 0) is 28.6 Å². The first-order valence-corrected chi connectivity index (χ1v) is 22.6. The van der Waals surface area contributed by atoms with Crippen molar-refractivity contribution in [1.82, 2.24) is 0 Å². The van der Waals surface area contributed by atoms with E-state index in [1.54, 1.807) is 0 Å². The summed E-state index contributed by atoms with van der Waals surface area (Å²) >= 11 is 0. The molecule has 0 aliphatic heterocycles. The molecule has 0 fully saturated rings. The van der Waals surface area contributed by atoms with E-state index >= 15 is 0 Å². The lowest BCUT2D eigenvalue weighted by atomic mass is 10.1. The first kappa shape index (κ1) is 52.6. The molecule has 0 bridgehead atoms. The van der Waals surface area contributed by atoms with Gasteiger partial charge in [-0.05, 0) is 89.9 Å². The number of hydrogen-bond donors (Lipinski definition) is 0. The third-order valence-corrected chi connectivity index (χ3v) is 9.15. The molecule has 0 heterocycles. The molecule has 0 aromatic rings. The molecular formula is C50H82O6. The number of hydrogen-bond acceptors (Lipinski definition) is 6. The maximum atomic E-state index is 12.7. The number of rotatable bonds is 39. The fourth-order valence-corrected chi connectivity index (χ4v) is 5.80. The van der Waals surface area contributed by atoms with Crippen molar-refractivity contribution in [2.45, 2.75) is 200 Å². The van der Waals surface area contributed by atoms with Gasteiger partial charge >= 0.3 is 17.9 Å². The Morgan fingerprint density at radius 1 is 0.375 bits per heavy atom. The Hall–Kier alpha value is -3.41. The van der Waals surface area contributed by atoms with Crippen LogP contribution in [0.2, 0.25) is 0 Å². The summed E-state index contributed by atoms with van der Waals surface area (Å²) in [6, 6.07) is 0. The Morgan fingerprint density at radius 3 is 1.11 bits per heavy atom. The molecule has 0 spiro atoms. The van der Waals surface area contributed by atoms with Gasteiger partial charge in [0.2, 0.25) is 0 Å². The van der Waals surface area contributed by atoms with Gasteiger partial charge in [-0.25, -0.2) is 0 Å². The van der Waals surface area contributed by atoms with Gasteiger partial charge in [-0.15, -0.1) is 0 Å². The second-order valence-electron chi connectivity index (χ2n) is 14.5. The summed E-state index contributed by atoms with van der Waals surface area (Å²) in [5.41, 5.74) is 0. The van der Waals surface area contributed by atoms with Crippen molar-refractivity contribution in [3.05, 3.63) is 85.1 Å². The molecule has 0 rings (SSSR count). The van der Waals surface area contributed by atoms with Crippen molar-refractivity contribution in [3.8, 4) is 0 Å². The lowest BCUT2D eigenvalue weighted by Crippen LogP contribution is -2.30. The van der Waals surface area contributed by atoms with E-state index < -0.39 is 6.10 Å². The summed E-state index contributed by atoms with van der Waals surface area (Å²) in [7, 11) is 0. The van der Waals surface area contributed by atoms with Gasteiger partial charge in [0.1, 0.15) is 13.2 Å². The molecule has 0 N–H and O–H groups in total. The molecule has 0 saturated heterocycles. The molecule has 0 saturated carbocycles. The number of ether oxygens (including phenoxy) is 3. The highest BCUT2D eigenvalue weighted by Gasteiger charge is 2.19. The van der Waals surface area contributed by atoms with Crippen LogP contribution in [0, 0.1) is 0 Å². The predicted octanol–water partition coefficient (Wildman–Crippen LogP) is 14.5. The van der Waals surface area contributed by atoms with Crippen molar-refractivity contribution in [1.29, 1.82) is 0 Å². The quantitative estimate of drug-likeness (QED) is 0.0268. The van der Waals surface area contributed by atoms with Crippen LogP contribution >= 0.6 is 0 Å². The molecule has 0 aromatic carbocycles. The summed E-state index contributed by atoms with van der Waals surface area (Å²) in [6.45, 7) is 6.28. The van der Waals surface area contributed by atoms with E-state index in [1.165, 1.54) is 32.1 Å². The van der Waals surface area contributed by atoms with Gasteiger partial charge in [0.15, 0.2) is 6.10 Å². The van der Waals surface area contributed by atoms with Crippen LogP contribution in [0.4, 0.5) is 0 Å². The Morgan fingerprint density at radius 2 is 0.696 bits per heavy atom. The maximum absolute atomic E-state index is 12.7. The van der Waals surface area contributed by atoms with E-state index in [2.05, 4.69) is 106 Å². The number of allylic oxidation sites excluding steroid dienone is 14. The highest BCUT2D eigenvalue weighted by atomic mass is 16.6. The van der Waals surface area contributed by atoms with Crippen LogP contribution in [-0.4, -0.2) is 37.2 Å². The van der Waals surface area contributed by atoms with Gasteiger partial charge in [0.05, 0.1) is 0 Å². The third-order valence-electron chi connectivity index (χ3n) is 9.15. The summed E-state index contributed by atoms with van der Waals surface area (Å²) < 4.78 is 16.6. The van der Waals surface area contributed by atoms with E-state index in [9.17, 15) is 14.4 Å². The summed E-state index contributed by atoms with van der Waals surface area (Å²) in [6.07, 6.45) is 55.9. The lowest BCUT2D eigenvalue weighted by molar-refractivity contribution is -0.167. The molecule has 318 valence electrons. The van der Waals surface area contributed by atoms with Gasteiger partial charge in [-0.3, -0.25) is 14.4 Å². The highest BCUT2D eigenvalue weighted by Crippen LogP contribution is 2.12. The number of carbonyl (C=O) groups is 3. The van der Waals surface area contributed by atoms with Gasteiger partial charge in [0, 0.05) is 19.3 Å². The fraction of sp³-hybridized carbons (Fsp3) is 0.660. The zero-order valence-corrected chi connectivity index (χ0v) is 36.1. The van der Waals surface area contributed by atoms with Gasteiger partial charge in [0.25, 0.3) is 0 Å². The average Bonchev–Trinajstić information content (AvgIpc) is 3.19. The molecule has 6 nitrogen and oxygen atoms in total. The normalized spacial score (nSPS) is 12.8. The molecule has 0 radical (unpaired) electrons. The topological polar surface area (TPSA) is 78.9 Å². The molecular weight excluding hydrogens is 697 g/mol. The summed E-state index contributed by atoms with van der Waals surface area (Å²) in [5.74, 6) is -0.957. The van der Waals surface area contributed by atoms with Crippen molar-refractivity contribution in [2.75, 3.05) is 13.2 Å². The zero-order chi connectivity index (χ0) is 40.8. The molecule has 6 heteroatoms. The van der Waals surface area contributed by atoms with E-state index in [-0.39, 0.29) is 37.5 Å². The molecule has 0 aromatic heterocycles. The summed E-state index contributed by atoms with van der Waals surface area (Å²) in [5, 5.41) is 0. The minimum absolute atomic E-state index is 0.0945. The second-order valence-corrected chi connectivity index (χ2v) is 14.5. The fourth-order valence-electron chi connectivity index (χ4n) is 5.80. The smallest absolute Gasteiger partial charge is 0.306 e. The van der Waals surface area contributed by atoms with E-state index in [1.807, 2.05) is 0 Å². The minimum atomic E-state index is -0.793. The zero-order valence-electron chi connectivity index (χ0n) is 36.1. The van der Waals surface area contributed by atoms with Crippen molar-refractivity contribution in [3.63, 3.8) is 0 Å². The molecule has 0 aliphatic rings. The molecule has 0 amide bonds. The maximum Gasteiger partial charge on any atom is 0.306 e. The predicted molar refractivity (Wildman–Crippen MR) is 237 cm³/mol. The Labute approximate surface area is 344 Å². The largest absolute Gasteiger partial charge is 0.462 e. The lowest BCUT2D eigenvalue weighted by Gasteiger charge is -2.18. The second kappa shape index (κ2) is 44.3. The number of esters is 3. The SMILES string of the molecule is CC/C=C\C/C=C\C/C=C\C/C=C\CCCCCCCCC(=O)OCC(COC(=O)CCCCCCCC)OC(=O)CCCCC/C=C\C/C=C\C/C=C\CC. The van der Waals surface area contributed by atoms with E-state index in [4.69, 9.17) is 14.2 Å². The van der Waals surface area contributed by atoms with Crippen LogP contribution in [0.1, 0.15) is 194 Å². The molecule has 1 atom stereocenters. The van der Waals surface area contributed by atoms with Crippen molar-refractivity contribution < 1.29 is 28.6 Å². The first-order valence-electron chi connectivity index (χ1n) is 22.6. The van der Waals surface area contributed by atoms with Crippen molar-refractivity contribution in [2.24, 2.45) is 0 Å². The van der Waals surface area contributed by atoms with Gasteiger partial charge < -0.3 is 14.2 Å². The molecule has 1 unspecified atom stereocenters. The Balaban J connectivity index is 4.33. The van der Waals surface area contributed by atoms with E-state index in [0.29, 0.717) is 12.8 Å². The van der Waals surface area contributed by atoms with Crippen LogP contribution in [0.15, 0.2) is 85.1 Å². The monoisotopic (exact) mass is 779 g/mol. The molecule has 56 heavy (non-hydrogen) atoms. The first-order chi connectivity index (χ1) is 27.5. The van der Waals surface area contributed by atoms with Crippen LogP contribution in [0.25, 0.3) is 0 Å². The summed E-state index contributed by atoms with van der Waals surface area (Å²) in [4.78, 5) is 37.5. The van der Waals surface area contributed by atoms with Gasteiger partial charge in [-0.1, -0.05) is 170 Å². The van der Waals surface area contributed by atoms with E-state index in [0.717, 1.165) is 122 Å². The van der Waals surface area contributed by atoms with Crippen LogP contribution in [0.5, 0.6) is 0 Å². The minimum Gasteiger partial charge on any atom is -0.462 e. The average molecular weight is 779 g/mol. The van der Waals surface area contributed by atoms with Crippen LogP contribution in [0.3, 0.4) is 0 Å². The highest BCUT2D eigenvalue weighted by molar-refractivity contribution is 5.71. The van der Waals surface area contributed by atoms with Crippen molar-refractivity contribution >= 4 is 17.9 Å². The Kier molecular flexibility index (Phi) is 41.6. The van der Waals surface area contributed by atoms with Crippen LogP contribution < -0.4 is 0 Å². The van der Waals surface area contributed by atoms with Gasteiger partial charge in [-0.2, -0.15) is 0 Å².